The van der Waals surface area contributed by atoms with E-state index in [1.807, 2.05) is 51.8 Å². The van der Waals surface area contributed by atoms with Crippen molar-refractivity contribution in [3.05, 3.63) is 52.9 Å². The smallest absolute Gasteiger partial charge is 0.105 e. The van der Waals surface area contributed by atoms with Crippen LogP contribution < -0.4 is 10.6 Å². The van der Waals surface area contributed by atoms with Gasteiger partial charge in [-0.2, -0.15) is 0 Å². The highest BCUT2D eigenvalue weighted by molar-refractivity contribution is 5.63. The third-order valence-electron chi connectivity index (χ3n) is 5.44. The minimum Gasteiger partial charge on any atom is -0.412 e. The van der Waals surface area contributed by atoms with Gasteiger partial charge < -0.3 is 20.7 Å². The van der Waals surface area contributed by atoms with Crippen molar-refractivity contribution in [3.63, 3.8) is 0 Å². The Bertz CT molecular complexity index is 754. The van der Waals surface area contributed by atoms with E-state index in [0.717, 1.165) is 23.6 Å². The van der Waals surface area contributed by atoms with Gasteiger partial charge in [-0.3, -0.25) is 0 Å². The summed E-state index contributed by atoms with van der Waals surface area (Å²) in [6, 6.07) is 6.93. The minimum atomic E-state index is 0. The summed E-state index contributed by atoms with van der Waals surface area (Å²) in [5.41, 5.74) is 12.5. The van der Waals surface area contributed by atoms with Crippen LogP contribution in [-0.4, -0.2) is 22.1 Å². The van der Waals surface area contributed by atoms with Crippen molar-refractivity contribution in [1.82, 2.24) is 9.55 Å². The third-order valence-corrected chi connectivity index (χ3v) is 5.44. The predicted octanol–water partition coefficient (Wildman–Crippen LogP) is 5.57. The summed E-state index contributed by atoms with van der Waals surface area (Å²) in [7, 11) is 4.04. The van der Waals surface area contributed by atoms with Gasteiger partial charge in [-0.05, 0) is 49.3 Å². The van der Waals surface area contributed by atoms with Crippen LogP contribution in [0, 0.1) is 6.92 Å². The fourth-order valence-corrected chi connectivity index (χ4v) is 3.78. The third kappa shape index (κ3) is 6.91. The zero-order chi connectivity index (χ0) is 22.0. The van der Waals surface area contributed by atoms with Crippen molar-refractivity contribution in [1.29, 1.82) is 0 Å². The van der Waals surface area contributed by atoms with Gasteiger partial charge in [0.2, 0.25) is 0 Å². The fourth-order valence-electron chi connectivity index (χ4n) is 3.78. The summed E-state index contributed by atoms with van der Waals surface area (Å²) in [5.74, 6) is 1.39. The second-order valence-corrected chi connectivity index (χ2v) is 7.47. The molecule has 170 valence electrons. The van der Waals surface area contributed by atoms with Gasteiger partial charge in [0.15, 0.2) is 0 Å². The molecule has 0 radical (unpaired) electrons. The lowest BCUT2D eigenvalue weighted by atomic mass is 9.88. The number of imidazole rings is 1. The van der Waals surface area contributed by atoms with E-state index in [9.17, 15) is 0 Å². The normalized spacial score (nSPS) is 11.0. The molecule has 0 bridgehead atoms. The number of nitrogens with two attached hydrogens (primary N) is 1. The largest absolute Gasteiger partial charge is 0.412 e. The topological polar surface area (TPSA) is 78.6 Å². The Morgan fingerprint density at radius 3 is 2.23 bits per heavy atom. The molecule has 0 aliphatic heterocycles. The summed E-state index contributed by atoms with van der Waals surface area (Å²) < 4.78 is 2.00. The van der Waals surface area contributed by atoms with Crippen LogP contribution in [0.25, 0.3) is 6.08 Å². The Labute approximate surface area is 184 Å². The summed E-state index contributed by atoms with van der Waals surface area (Å²) in [5, 5.41) is 0. The molecule has 0 atom stereocenters. The lowest BCUT2D eigenvalue weighted by molar-refractivity contribution is 0.560. The average molecular weight is 417 g/mol. The van der Waals surface area contributed by atoms with E-state index in [1.165, 1.54) is 42.5 Å². The summed E-state index contributed by atoms with van der Waals surface area (Å²) >= 11 is 0. The number of anilines is 1. The molecule has 4 N–H and O–H groups in total. The van der Waals surface area contributed by atoms with Crippen molar-refractivity contribution >= 4 is 11.8 Å². The van der Waals surface area contributed by atoms with Crippen LogP contribution in [0.1, 0.15) is 88.7 Å². The maximum atomic E-state index is 6.44. The van der Waals surface area contributed by atoms with Gasteiger partial charge in [-0.15, -0.1) is 0 Å². The maximum absolute atomic E-state index is 6.44. The van der Waals surface area contributed by atoms with Crippen LogP contribution >= 0.6 is 0 Å². The molecular formula is C25H44N4O. The van der Waals surface area contributed by atoms with Crippen molar-refractivity contribution < 1.29 is 5.48 Å². The SMILES string of the molecule is CC.CCCC(CCC)c1ccc(N(C)/C(N)=C/c2c(C)ncn2C)c(CC)c1.O. The second-order valence-electron chi connectivity index (χ2n) is 7.47. The molecule has 1 heterocycles. The van der Waals surface area contributed by atoms with Crippen molar-refractivity contribution in [2.75, 3.05) is 11.9 Å². The highest BCUT2D eigenvalue weighted by Gasteiger charge is 2.15. The second kappa shape index (κ2) is 13.9. The number of aryl methyl sites for hydroxylation is 3. The zero-order valence-corrected chi connectivity index (χ0v) is 20.4. The molecule has 0 aliphatic rings. The molecule has 30 heavy (non-hydrogen) atoms. The van der Waals surface area contributed by atoms with Crippen molar-refractivity contribution in [3.8, 4) is 0 Å². The molecule has 2 aromatic rings. The van der Waals surface area contributed by atoms with E-state index in [1.54, 1.807) is 0 Å². The van der Waals surface area contributed by atoms with Gasteiger partial charge >= 0.3 is 0 Å². The fraction of sp³-hybridized carbons (Fsp3) is 0.560. The Hall–Kier alpha value is -2.27. The molecule has 0 saturated carbocycles. The molecule has 0 spiro atoms. The van der Waals surface area contributed by atoms with Gasteiger partial charge in [-0.1, -0.05) is 59.6 Å². The molecule has 0 amide bonds. The van der Waals surface area contributed by atoms with Crippen molar-refractivity contribution in [2.24, 2.45) is 12.8 Å². The van der Waals surface area contributed by atoms with Gasteiger partial charge in [0.05, 0.1) is 17.7 Å². The van der Waals surface area contributed by atoms with Crippen LogP contribution in [0.4, 0.5) is 5.69 Å². The Morgan fingerprint density at radius 1 is 1.17 bits per heavy atom. The number of benzene rings is 1. The molecule has 1 aromatic carbocycles. The van der Waals surface area contributed by atoms with Gasteiger partial charge in [0.25, 0.3) is 0 Å². The average Bonchev–Trinajstić information content (AvgIpc) is 3.06. The van der Waals surface area contributed by atoms with E-state index in [2.05, 4.69) is 48.9 Å². The highest BCUT2D eigenvalue weighted by Crippen LogP contribution is 2.31. The number of hydrogen-bond donors (Lipinski definition) is 1. The number of hydrogen-bond acceptors (Lipinski definition) is 3. The molecule has 0 saturated heterocycles. The van der Waals surface area contributed by atoms with Crippen LogP contribution in [0.15, 0.2) is 30.3 Å². The monoisotopic (exact) mass is 416 g/mol. The van der Waals surface area contributed by atoms with Crippen LogP contribution in [0.5, 0.6) is 0 Å². The molecule has 0 aliphatic carbocycles. The summed E-state index contributed by atoms with van der Waals surface area (Å²) in [4.78, 5) is 6.43. The lowest BCUT2D eigenvalue weighted by Gasteiger charge is -2.25. The first-order valence-electron chi connectivity index (χ1n) is 11.2. The molecule has 0 unspecified atom stereocenters. The first kappa shape index (κ1) is 27.7. The van der Waals surface area contributed by atoms with E-state index in [4.69, 9.17) is 5.73 Å². The molecule has 5 heteroatoms. The zero-order valence-electron chi connectivity index (χ0n) is 20.4. The van der Waals surface area contributed by atoms with E-state index in [0.29, 0.717) is 5.92 Å². The summed E-state index contributed by atoms with van der Waals surface area (Å²) in [6.07, 6.45) is 9.80. The maximum Gasteiger partial charge on any atom is 0.105 e. The van der Waals surface area contributed by atoms with E-state index < -0.39 is 0 Å². The van der Waals surface area contributed by atoms with E-state index in [-0.39, 0.29) is 5.48 Å². The minimum absolute atomic E-state index is 0. The molecular weight excluding hydrogens is 372 g/mol. The molecule has 2 rings (SSSR count). The Balaban J connectivity index is 0.00000272. The standard InChI is InChI=1S/C23H36N4.C2H6.H2O/c1-7-10-19(11-8-2)20-12-13-21(18(9-3)14-20)27(6)23(24)15-22-17(4)25-16-26(22)5;1-2;/h12-16,19H,7-11,24H2,1-6H3;1-2H3;1H2/b23-15+;;. The first-order chi connectivity index (χ1) is 13.9. The molecule has 1 aromatic heterocycles. The molecule has 0 fully saturated rings. The number of aromatic nitrogens is 2. The lowest BCUT2D eigenvalue weighted by Crippen LogP contribution is -2.24. The number of rotatable bonds is 9. The van der Waals surface area contributed by atoms with Crippen LogP contribution in [0.3, 0.4) is 0 Å². The highest BCUT2D eigenvalue weighted by atomic mass is 16.0. The summed E-state index contributed by atoms with van der Waals surface area (Å²) in [6.45, 7) is 12.8. The molecule has 5 nitrogen and oxygen atoms in total. The predicted molar refractivity (Wildman–Crippen MR) is 132 cm³/mol. The van der Waals surface area contributed by atoms with Crippen LogP contribution in [0.2, 0.25) is 0 Å². The first-order valence-corrected chi connectivity index (χ1v) is 11.2. The van der Waals surface area contributed by atoms with Crippen LogP contribution in [-0.2, 0) is 13.5 Å². The van der Waals surface area contributed by atoms with Gasteiger partial charge in [0, 0.05) is 25.9 Å². The van der Waals surface area contributed by atoms with E-state index >= 15 is 0 Å². The number of nitrogens with zero attached hydrogens (tertiary/aromatic N) is 3. The quantitative estimate of drug-likeness (QED) is 0.580. The Morgan fingerprint density at radius 2 is 1.77 bits per heavy atom. The van der Waals surface area contributed by atoms with Crippen molar-refractivity contribution in [2.45, 2.75) is 79.6 Å². The van der Waals surface area contributed by atoms with Gasteiger partial charge in [0.1, 0.15) is 5.82 Å². The Kier molecular flexibility index (Phi) is 12.8. The van der Waals surface area contributed by atoms with Gasteiger partial charge in [-0.25, -0.2) is 4.98 Å².